The van der Waals surface area contributed by atoms with Crippen LogP contribution in [-0.2, 0) is 23.9 Å². The normalized spacial score (nSPS) is 18.6. The highest BCUT2D eigenvalue weighted by Gasteiger charge is 2.37. The largest absolute Gasteiger partial charge is 0.467 e. The van der Waals surface area contributed by atoms with Crippen LogP contribution in [0.2, 0.25) is 0 Å². The van der Waals surface area contributed by atoms with Gasteiger partial charge in [-0.3, -0.25) is 14.9 Å². The molecule has 3 atom stereocenters. The van der Waals surface area contributed by atoms with Gasteiger partial charge >= 0.3 is 11.9 Å². The average molecular weight is 418 g/mol. The molecule has 1 aliphatic rings. The highest BCUT2D eigenvalue weighted by Crippen LogP contribution is 2.19. The van der Waals surface area contributed by atoms with E-state index in [0.717, 1.165) is 31.7 Å². The van der Waals surface area contributed by atoms with Crippen molar-refractivity contribution in [3.8, 4) is 0 Å². The van der Waals surface area contributed by atoms with E-state index in [9.17, 15) is 14.4 Å². The van der Waals surface area contributed by atoms with E-state index in [1.54, 1.807) is 30.5 Å². The average Bonchev–Trinajstić information content (AvgIpc) is 3.18. The molecule has 1 rings (SSSR count). The third-order valence-electron chi connectivity index (χ3n) is 4.54. The molecule has 28 heavy (non-hydrogen) atoms. The van der Waals surface area contributed by atoms with Gasteiger partial charge < -0.3 is 19.7 Å². The minimum atomic E-state index is -0.599. The summed E-state index contributed by atoms with van der Waals surface area (Å²) in [7, 11) is 1.33. The number of nitrogens with one attached hydrogen (secondary N) is 2. The Labute approximate surface area is 172 Å². The van der Waals surface area contributed by atoms with E-state index in [1.165, 1.54) is 7.11 Å². The fraction of sp³-hybridized carbons (Fsp3) is 0.842. The Hall–Kier alpha value is -1.32. The van der Waals surface area contributed by atoms with E-state index in [-0.39, 0.29) is 11.9 Å². The molecule has 1 unspecified atom stereocenters. The summed E-state index contributed by atoms with van der Waals surface area (Å²) < 4.78 is 9.96. The van der Waals surface area contributed by atoms with Crippen LogP contribution in [0.4, 0.5) is 0 Å². The second-order valence-corrected chi connectivity index (χ2v) is 7.88. The van der Waals surface area contributed by atoms with E-state index >= 15 is 0 Å². The summed E-state index contributed by atoms with van der Waals surface area (Å²) in [4.78, 5) is 38.6. The Morgan fingerprint density at radius 3 is 2.64 bits per heavy atom. The van der Waals surface area contributed by atoms with Gasteiger partial charge in [0.15, 0.2) is 0 Å². The lowest BCUT2D eigenvalue weighted by Gasteiger charge is -2.28. The van der Waals surface area contributed by atoms with E-state index < -0.39 is 24.1 Å². The van der Waals surface area contributed by atoms with Gasteiger partial charge in [-0.25, -0.2) is 4.79 Å². The predicted octanol–water partition coefficient (Wildman–Crippen LogP) is 0.793. The standard InChI is InChI=1S/C19H35N3O5S/c1-5-9-20-10-12-28-13-15(18(24)27-6-2)21-14(3)17(23)22-11-7-8-16(22)19(25)26-4/h14-16,20-21H,5-13H2,1-4H3/t14?,15-,16-/m0/s1. The third kappa shape index (κ3) is 7.97. The molecule has 0 radical (unpaired) electrons. The lowest BCUT2D eigenvalue weighted by atomic mass is 10.2. The molecule has 0 aromatic rings. The highest BCUT2D eigenvalue weighted by molar-refractivity contribution is 7.99. The van der Waals surface area contributed by atoms with E-state index in [1.807, 2.05) is 0 Å². The number of amides is 1. The topological polar surface area (TPSA) is 97.0 Å². The molecule has 2 N–H and O–H groups in total. The van der Waals surface area contributed by atoms with Crippen molar-refractivity contribution in [3.05, 3.63) is 0 Å². The molecule has 9 heteroatoms. The number of ether oxygens (including phenoxy) is 2. The van der Waals surface area contributed by atoms with Gasteiger partial charge in [0.05, 0.1) is 19.8 Å². The zero-order valence-corrected chi connectivity index (χ0v) is 18.3. The molecule has 1 heterocycles. The number of esters is 2. The fourth-order valence-electron chi connectivity index (χ4n) is 3.11. The first-order valence-corrected chi connectivity index (χ1v) is 11.2. The first-order chi connectivity index (χ1) is 13.5. The van der Waals surface area contributed by atoms with Gasteiger partial charge in [0.25, 0.3) is 0 Å². The van der Waals surface area contributed by atoms with Crippen molar-refractivity contribution in [1.29, 1.82) is 0 Å². The molecule has 0 spiro atoms. The van der Waals surface area contributed by atoms with Crippen LogP contribution in [0.3, 0.4) is 0 Å². The molecule has 1 saturated heterocycles. The molecular formula is C19H35N3O5S. The van der Waals surface area contributed by atoms with Crippen LogP contribution in [0.15, 0.2) is 0 Å². The Kier molecular flexibility index (Phi) is 12.2. The van der Waals surface area contributed by atoms with Crippen molar-refractivity contribution < 1.29 is 23.9 Å². The van der Waals surface area contributed by atoms with Crippen LogP contribution in [0.5, 0.6) is 0 Å². The lowest BCUT2D eigenvalue weighted by molar-refractivity contribution is -0.152. The number of thioether (sulfide) groups is 1. The summed E-state index contributed by atoms with van der Waals surface area (Å²) in [5.74, 6) is 0.440. The summed E-state index contributed by atoms with van der Waals surface area (Å²) in [6.07, 6.45) is 2.45. The van der Waals surface area contributed by atoms with Crippen LogP contribution in [0.25, 0.3) is 0 Å². The molecule has 0 aliphatic carbocycles. The summed E-state index contributed by atoms with van der Waals surface area (Å²) in [5, 5.41) is 6.42. The van der Waals surface area contributed by atoms with Crippen molar-refractivity contribution in [3.63, 3.8) is 0 Å². The summed E-state index contributed by atoms with van der Waals surface area (Å²) >= 11 is 1.64. The monoisotopic (exact) mass is 417 g/mol. The van der Waals surface area contributed by atoms with Gasteiger partial charge in [-0.15, -0.1) is 0 Å². The summed E-state index contributed by atoms with van der Waals surface area (Å²) in [6, 6.07) is -1.71. The van der Waals surface area contributed by atoms with Crippen LogP contribution in [0.1, 0.15) is 40.0 Å². The number of likely N-dealkylation sites (tertiary alicyclic amines) is 1. The van der Waals surface area contributed by atoms with Crippen LogP contribution in [0, 0.1) is 0 Å². The van der Waals surface area contributed by atoms with Crippen LogP contribution in [-0.4, -0.2) is 85.7 Å². The Morgan fingerprint density at radius 1 is 1.25 bits per heavy atom. The minimum Gasteiger partial charge on any atom is -0.467 e. The lowest BCUT2D eigenvalue weighted by Crippen LogP contribution is -2.54. The minimum absolute atomic E-state index is 0.197. The maximum atomic E-state index is 12.8. The summed E-state index contributed by atoms with van der Waals surface area (Å²) in [6.45, 7) is 8.25. The molecule has 1 amide bonds. The first kappa shape index (κ1) is 24.7. The molecule has 0 bridgehead atoms. The van der Waals surface area contributed by atoms with Gasteiger partial charge in [-0.2, -0.15) is 11.8 Å². The molecule has 0 saturated carbocycles. The number of methoxy groups -OCH3 is 1. The zero-order valence-electron chi connectivity index (χ0n) is 17.5. The van der Waals surface area contributed by atoms with Gasteiger partial charge in [0.2, 0.25) is 5.91 Å². The predicted molar refractivity (Wildman–Crippen MR) is 110 cm³/mol. The van der Waals surface area contributed by atoms with E-state index in [0.29, 0.717) is 25.3 Å². The molecule has 0 aromatic carbocycles. The number of carbonyl (C=O) groups excluding carboxylic acids is 3. The van der Waals surface area contributed by atoms with Crippen molar-refractivity contribution in [2.45, 2.75) is 58.2 Å². The van der Waals surface area contributed by atoms with Gasteiger partial charge in [0, 0.05) is 24.6 Å². The van der Waals surface area contributed by atoms with Crippen LogP contribution >= 0.6 is 11.8 Å². The maximum absolute atomic E-state index is 12.8. The number of hydrogen-bond donors (Lipinski definition) is 2. The zero-order chi connectivity index (χ0) is 20.9. The summed E-state index contributed by atoms with van der Waals surface area (Å²) in [5.41, 5.74) is 0. The molecule has 1 fully saturated rings. The third-order valence-corrected chi connectivity index (χ3v) is 5.60. The Bertz CT molecular complexity index is 506. The Balaban J connectivity index is 2.61. The van der Waals surface area contributed by atoms with Crippen molar-refractivity contribution in [2.75, 3.05) is 44.9 Å². The molecule has 162 valence electrons. The molecule has 0 aromatic heterocycles. The second kappa shape index (κ2) is 13.8. The van der Waals surface area contributed by atoms with E-state index in [2.05, 4.69) is 17.6 Å². The number of rotatable bonds is 13. The van der Waals surface area contributed by atoms with Gasteiger partial charge in [0.1, 0.15) is 12.1 Å². The molecule has 1 aliphatic heterocycles. The highest BCUT2D eigenvalue weighted by atomic mass is 32.2. The van der Waals surface area contributed by atoms with Gasteiger partial charge in [-0.1, -0.05) is 6.92 Å². The number of hydrogen-bond acceptors (Lipinski definition) is 8. The Morgan fingerprint density at radius 2 is 2.00 bits per heavy atom. The van der Waals surface area contributed by atoms with Crippen molar-refractivity contribution in [1.82, 2.24) is 15.5 Å². The van der Waals surface area contributed by atoms with E-state index in [4.69, 9.17) is 9.47 Å². The van der Waals surface area contributed by atoms with Gasteiger partial charge in [-0.05, 0) is 39.7 Å². The van der Waals surface area contributed by atoms with Crippen molar-refractivity contribution >= 4 is 29.6 Å². The molecular weight excluding hydrogens is 382 g/mol. The van der Waals surface area contributed by atoms with Crippen molar-refractivity contribution in [2.24, 2.45) is 0 Å². The SMILES string of the molecule is CCCNCCSC[C@H](NC(C)C(=O)N1CCC[C@H]1C(=O)OC)C(=O)OCC. The number of nitrogens with zero attached hydrogens (tertiary/aromatic N) is 1. The number of carbonyl (C=O) groups is 3. The maximum Gasteiger partial charge on any atom is 0.328 e. The smallest absolute Gasteiger partial charge is 0.328 e. The first-order valence-electron chi connectivity index (χ1n) is 10.1. The fourth-order valence-corrected chi connectivity index (χ4v) is 4.03. The van der Waals surface area contributed by atoms with Crippen LogP contribution < -0.4 is 10.6 Å². The molecule has 8 nitrogen and oxygen atoms in total. The quantitative estimate of drug-likeness (QED) is 0.335. The second-order valence-electron chi connectivity index (χ2n) is 6.73.